The summed E-state index contributed by atoms with van der Waals surface area (Å²) in [5.74, 6) is 2.00. The zero-order valence-corrected chi connectivity index (χ0v) is 21.9. The average Bonchev–Trinajstić information content (AvgIpc) is 3.73. The van der Waals surface area contributed by atoms with Crippen molar-refractivity contribution in [1.82, 2.24) is 40.1 Å². The summed E-state index contributed by atoms with van der Waals surface area (Å²) in [5, 5.41) is 13.8. The molecule has 5 heterocycles. The van der Waals surface area contributed by atoms with E-state index < -0.39 is 0 Å². The molecular formula is C25H40N10. The number of aromatic nitrogens is 8. The Labute approximate surface area is 208 Å². The monoisotopic (exact) mass is 480 g/mol. The number of nitrogens with zero attached hydrogens (tertiary/aromatic N) is 8. The van der Waals surface area contributed by atoms with Crippen molar-refractivity contribution in [2.75, 3.05) is 6.54 Å². The van der Waals surface area contributed by atoms with Crippen LogP contribution in [-0.2, 0) is 19.9 Å². The summed E-state index contributed by atoms with van der Waals surface area (Å²) in [4.78, 5) is 18.9. The van der Waals surface area contributed by atoms with Crippen LogP contribution in [0.25, 0.3) is 0 Å². The summed E-state index contributed by atoms with van der Waals surface area (Å²) in [7, 11) is 1.85. The fourth-order valence-electron chi connectivity index (χ4n) is 2.63. The van der Waals surface area contributed by atoms with Gasteiger partial charge in [0.05, 0.1) is 12.2 Å². The van der Waals surface area contributed by atoms with Gasteiger partial charge in [0.25, 0.3) is 0 Å². The third-order valence-corrected chi connectivity index (χ3v) is 4.61. The lowest BCUT2D eigenvalue weighted by molar-refractivity contribution is 0.714. The number of hydrogen-bond acceptors (Lipinski definition) is 7. The van der Waals surface area contributed by atoms with E-state index >= 15 is 0 Å². The molecule has 2 aliphatic heterocycles. The molecule has 0 radical (unpaired) electrons. The van der Waals surface area contributed by atoms with Gasteiger partial charge < -0.3 is 4.98 Å². The van der Waals surface area contributed by atoms with E-state index in [0.29, 0.717) is 0 Å². The Hall–Kier alpha value is -3.69. The van der Waals surface area contributed by atoms with E-state index in [-0.39, 0.29) is 0 Å². The highest BCUT2D eigenvalue weighted by atomic mass is 15.4. The largest absolute Gasteiger partial charge is 0.349 e. The van der Waals surface area contributed by atoms with Crippen LogP contribution in [0.1, 0.15) is 64.3 Å². The number of aliphatic imine (C=N–C) groups is 2. The molecule has 0 fully saturated rings. The second-order valence-electron chi connectivity index (χ2n) is 7.43. The van der Waals surface area contributed by atoms with E-state index in [1.807, 2.05) is 45.7 Å². The number of allylic oxidation sites excluding steroid dienone is 3. The minimum atomic E-state index is 0.906. The molecule has 0 saturated carbocycles. The zero-order valence-electron chi connectivity index (χ0n) is 21.9. The number of aromatic amines is 2. The molecule has 0 amide bonds. The number of rotatable bonds is 4. The first-order chi connectivity index (χ1) is 17.0. The van der Waals surface area contributed by atoms with Crippen molar-refractivity contribution >= 4 is 12.4 Å². The highest BCUT2D eigenvalue weighted by molar-refractivity contribution is 5.80. The van der Waals surface area contributed by atoms with Gasteiger partial charge >= 0.3 is 0 Å². The van der Waals surface area contributed by atoms with Gasteiger partial charge in [-0.1, -0.05) is 45.1 Å². The van der Waals surface area contributed by atoms with Gasteiger partial charge in [-0.05, 0) is 25.3 Å². The smallest absolute Gasteiger partial charge is 0.137 e. The van der Waals surface area contributed by atoms with Crippen LogP contribution in [0.3, 0.4) is 0 Å². The molecule has 0 spiro atoms. The molecule has 0 aliphatic carbocycles. The van der Waals surface area contributed by atoms with Crippen molar-refractivity contribution in [3.05, 3.63) is 65.7 Å². The van der Waals surface area contributed by atoms with E-state index in [2.05, 4.69) is 78.4 Å². The SMILES string of the molecule is CCC1=CCC=N1.CCC1=CCN=C1.CCc1ncc[nH]1.CCc1ncn[nH]1.Cc1cn(C)nn1. The molecule has 35 heavy (non-hydrogen) atoms. The Morgan fingerprint density at radius 2 is 1.77 bits per heavy atom. The lowest BCUT2D eigenvalue weighted by Gasteiger charge is -1.83. The molecule has 0 aromatic carbocycles. The quantitative estimate of drug-likeness (QED) is 0.563. The van der Waals surface area contributed by atoms with Crippen molar-refractivity contribution < 1.29 is 0 Å². The fourth-order valence-corrected chi connectivity index (χ4v) is 2.63. The van der Waals surface area contributed by atoms with E-state index in [1.165, 1.54) is 17.6 Å². The molecule has 3 aromatic rings. The average molecular weight is 481 g/mol. The summed E-state index contributed by atoms with van der Waals surface area (Å²) in [6, 6.07) is 0. The maximum atomic E-state index is 4.09. The molecule has 0 atom stereocenters. The van der Waals surface area contributed by atoms with Crippen LogP contribution in [-0.4, -0.2) is 59.1 Å². The van der Waals surface area contributed by atoms with Gasteiger partial charge in [0.2, 0.25) is 0 Å². The Bertz CT molecular complexity index is 928. The van der Waals surface area contributed by atoms with Gasteiger partial charge in [-0.2, -0.15) is 5.10 Å². The molecule has 10 heteroatoms. The Kier molecular flexibility index (Phi) is 15.7. The molecule has 10 nitrogen and oxygen atoms in total. The first kappa shape index (κ1) is 29.3. The molecule has 190 valence electrons. The number of H-pyrrole nitrogens is 2. The van der Waals surface area contributed by atoms with Gasteiger partial charge in [0, 0.05) is 63.0 Å². The zero-order chi connectivity index (χ0) is 25.7. The molecule has 2 N–H and O–H groups in total. The van der Waals surface area contributed by atoms with Crippen LogP contribution in [0.5, 0.6) is 0 Å². The summed E-state index contributed by atoms with van der Waals surface area (Å²) in [6.45, 7) is 11.2. The van der Waals surface area contributed by atoms with Crippen LogP contribution in [0.15, 0.2) is 58.3 Å². The summed E-state index contributed by atoms with van der Waals surface area (Å²) in [5.41, 5.74) is 3.57. The van der Waals surface area contributed by atoms with E-state index in [1.54, 1.807) is 10.9 Å². The number of hydrogen-bond donors (Lipinski definition) is 2. The standard InChI is InChI=1S/2C6H9N.C5H8N2.2C4H7N3/c1-2-6-3-4-7-5-6;1-2-6-4-3-5-7-6;1-2-5-6-3-4-7-5;1-4-3-7(2)6-5-4;1-2-4-5-3-6-7-4/h3,5H,2,4H2,1H3;4-5H,2-3H2,1H3;3-4H,2H2,1H3,(H,6,7);3H,1-2H3;3H,2H2,1H3,(H,5,6,7). The van der Waals surface area contributed by atoms with Crippen LogP contribution in [0.2, 0.25) is 0 Å². The lowest BCUT2D eigenvalue weighted by Crippen LogP contribution is -1.85. The molecule has 5 rings (SSSR count). The van der Waals surface area contributed by atoms with Crippen molar-refractivity contribution in [2.24, 2.45) is 17.0 Å². The maximum absolute atomic E-state index is 4.09. The normalized spacial score (nSPS) is 12.6. The van der Waals surface area contributed by atoms with Gasteiger partial charge in [-0.3, -0.25) is 19.8 Å². The third kappa shape index (κ3) is 14.2. The Morgan fingerprint density at radius 1 is 0.971 bits per heavy atom. The highest BCUT2D eigenvalue weighted by Crippen LogP contribution is 2.07. The van der Waals surface area contributed by atoms with Crippen molar-refractivity contribution in [3.8, 4) is 0 Å². The summed E-state index contributed by atoms with van der Waals surface area (Å²) in [6.07, 6.45) is 20.3. The van der Waals surface area contributed by atoms with Crippen molar-refractivity contribution in [3.63, 3.8) is 0 Å². The topological polar surface area (TPSA) is 126 Å². The highest BCUT2D eigenvalue weighted by Gasteiger charge is 1.92. The summed E-state index contributed by atoms with van der Waals surface area (Å²) < 4.78 is 1.68. The van der Waals surface area contributed by atoms with Crippen LogP contribution >= 0.6 is 0 Å². The fraction of sp³-hybridized carbons (Fsp3) is 0.480. The Morgan fingerprint density at radius 3 is 2.03 bits per heavy atom. The first-order valence-electron chi connectivity index (χ1n) is 12.1. The first-order valence-corrected chi connectivity index (χ1v) is 12.1. The van der Waals surface area contributed by atoms with Gasteiger partial charge in [0.15, 0.2) is 0 Å². The van der Waals surface area contributed by atoms with E-state index in [0.717, 1.165) is 56.0 Å². The van der Waals surface area contributed by atoms with Gasteiger partial charge in [0.1, 0.15) is 18.0 Å². The second-order valence-corrected chi connectivity index (χ2v) is 7.43. The minimum absolute atomic E-state index is 0.906. The predicted octanol–water partition coefficient (Wildman–Crippen LogP) is 4.62. The number of aryl methyl sites for hydroxylation is 4. The predicted molar refractivity (Wildman–Crippen MR) is 143 cm³/mol. The minimum Gasteiger partial charge on any atom is -0.349 e. The van der Waals surface area contributed by atoms with Crippen molar-refractivity contribution in [1.29, 1.82) is 0 Å². The van der Waals surface area contributed by atoms with E-state index in [4.69, 9.17) is 0 Å². The molecule has 0 unspecified atom stereocenters. The Balaban J connectivity index is 0.000000219. The van der Waals surface area contributed by atoms with Crippen LogP contribution in [0.4, 0.5) is 0 Å². The summed E-state index contributed by atoms with van der Waals surface area (Å²) >= 11 is 0. The molecular weight excluding hydrogens is 440 g/mol. The lowest BCUT2D eigenvalue weighted by atomic mass is 10.2. The number of nitrogens with one attached hydrogen (secondary N) is 2. The van der Waals surface area contributed by atoms with Crippen molar-refractivity contribution in [2.45, 2.75) is 66.7 Å². The second kappa shape index (κ2) is 18.7. The number of imidazole rings is 1. The van der Waals surface area contributed by atoms with Crippen LogP contribution < -0.4 is 0 Å². The molecule has 3 aromatic heterocycles. The van der Waals surface area contributed by atoms with Crippen LogP contribution in [0, 0.1) is 6.92 Å². The third-order valence-electron chi connectivity index (χ3n) is 4.61. The van der Waals surface area contributed by atoms with Gasteiger partial charge in [-0.25, -0.2) is 9.97 Å². The molecule has 0 saturated heterocycles. The molecule has 2 aliphatic rings. The van der Waals surface area contributed by atoms with Gasteiger partial charge in [-0.15, -0.1) is 5.10 Å². The van der Waals surface area contributed by atoms with E-state index in [9.17, 15) is 0 Å². The molecule has 0 bridgehead atoms. The maximum Gasteiger partial charge on any atom is 0.137 e.